The van der Waals surface area contributed by atoms with Gasteiger partial charge in [0.15, 0.2) is 0 Å². The predicted octanol–water partition coefficient (Wildman–Crippen LogP) is 1.39. The van der Waals surface area contributed by atoms with Crippen molar-refractivity contribution in [1.29, 1.82) is 0 Å². The van der Waals surface area contributed by atoms with E-state index >= 15 is 0 Å². The van der Waals surface area contributed by atoms with Gasteiger partial charge < -0.3 is 0 Å². The molecule has 1 fully saturated rings. The van der Waals surface area contributed by atoms with Gasteiger partial charge in [0, 0.05) is 30.0 Å². The van der Waals surface area contributed by atoms with E-state index in [9.17, 15) is 0 Å². The molecule has 3 heteroatoms. The maximum Gasteiger partial charge on any atom is 0.0598 e. The van der Waals surface area contributed by atoms with Gasteiger partial charge in [0.05, 0.1) is 10.2 Å². The molecule has 0 aromatic heterocycles. The molecular formula is C11H24N2Si. The topological polar surface area (TPSA) is 6.48 Å². The lowest BCUT2D eigenvalue weighted by Crippen LogP contribution is -2.53. The number of rotatable bonds is 0. The molecule has 2 radical (unpaired) electrons. The lowest BCUT2D eigenvalue weighted by atomic mass is 10.1. The van der Waals surface area contributed by atoms with Gasteiger partial charge in [-0.2, -0.15) is 0 Å². The molecule has 82 valence electrons. The summed E-state index contributed by atoms with van der Waals surface area (Å²) in [5, 5.41) is 0. The van der Waals surface area contributed by atoms with E-state index in [0.717, 1.165) is 0 Å². The summed E-state index contributed by atoms with van der Waals surface area (Å²) in [4.78, 5) is 5.09. The zero-order valence-corrected chi connectivity index (χ0v) is 11.6. The lowest BCUT2D eigenvalue weighted by Gasteiger charge is -2.41. The van der Waals surface area contributed by atoms with Crippen LogP contribution in [-0.4, -0.2) is 50.0 Å². The van der Waals surface area contributed by atoms with Crippen LogP contribution in [0.4, 0.5) is 0 Å². The van der Waals surface area contributed by atoms with Crippen LogP contribution in [-0.2, 0) is 0 Å². The van der Waals surface area contributed by atoms with E-state index in [2.05, 4.69) is 61.6 Å². The van der Waals surface area contributed by atoms with Crippen molar-refractivity contribution in [3.05, 3.63) is 0 Å². The first-order chi connectivity index (χ1) is 6.14. The van der Waals surface area contributed by atoms with Gasteiger partial charge >= 0.3 is 0 Å². The molecule has 1 heterocycles. The molecule has 0 unspecified atom stereocenters. The third-order valence-electron chi connectivity index (χ3n) is 2.94. The molecule has 1 aliphatic heterocycles. The maximum absolute atomic E-state index is 2.98. The molecule has 0 atom stereocenters. The van der Waals surface area contributed by atoms with Gasteiger partial charge in [0.2, 0.25) is 0 Å². The van der Waals surface area contributed by atoms with Crippen molar-refractivity contribution in [2.75, 3.05) is 13.1 Å². The largest absolute Gasteiger partial charge is 0.285 e. The van der Waals surface area contributed by atoms with Crippen molar-refractivity contribution in [2.45, 2.75) is 58.4 Å². The minimum absolute atomic E-state index is 0.270. The molecule has 0 spiro atoms. The van der Waals surface area contributed by atoms with Crippen molar-refractivity contribution in [3.8, 4) is 0 Å². The van der Waals surface area contributed by atoms with Crippen molar-refractivity contribution in [3.63, 3.8) is 0 Å². The summed E-state index contributed by atoms with van der Waals surface area (Å²) in [6, 6.07) is 0. The standard InChI is InChI=1S/C11H24N2Si/c1-10(2,3)12-7-8-13(9(12)14)11(4,5)6/h9,14H,7-8H2,1-6H3. The van der Waals surface area contributed by atoms with E-state index in [4.69, 9.17) is 0 Å². The van der Waals surface area contributed by atoms with Gasteiger partial charge in [-0.25, -0.2) is 0 Å². The molecule has 0 amide bonds. The molecule has 0 N–H and O–H groups in total. The van der Waals surface area contributed by atoms with E-state index < -0.39 is 0 Å². The highest BCUT2D eigenvalue weighted by atomic mass is 28.1. The van der Waals surface area contributed by atoms with Crippen LogP contribution in [0.15, 0.2) is 0 Å². The molecule has 2 nitrogen and oxygen atoms in total. The summed E-state index contributed by atoms with van der Waals surface area (Å²) in [6.45, 7) is 16.1. The Kier molecular flexibility index (Phi) is 3.15. The number of nitrogens with zero attached hydrogens (tertiary/aromatic N) is 2. The number of hydrogen-bond donors (Lipinski definition) is 0. The Morgan fingerprint density at radius 1 is 0.857 bits per heavy atom. The number of hydrogen-bond acceptors (Lipinski definition) is 2. The van der Waals surface area contributed by atoms with Crippen LogP contribution in [0.3, 0.4) is 0 Å². The first-order valence-corrected chi connectivity index (χ1v) is 6.10. The zero-order valence-electron chi connectivity index (χ0n) is 10.5. The molecular weight excluding hydrogens is 188 g/mol. The van der Waals surface area contributed by atoms with E-state index in [1.54, 1.807) is 0 Å². The van der Waals surface area contributed by atoms with E-state index in [0.29, 0.717) is 5.79 Å². The van der Waals surface area contributed by atoms with Crippen LogP contribution < -0.4 is 0 Å². The van der Waals surface area contributed by atoms with E-state index in [1.807, 2.05) is 0 Å². The second-order valence-corrected chi connectivity index (χ2v) is 6.74. The fraction of sp³-hybridized carbons (Fsp3) is 1.00. The molecule has 0 aliphatic carbocycles. The quantitative estimate of drug-likeness (QED) is 0.560. The summed E-state index contributed by atoms with van der Waals surface area (Å²) >= 11 is 0. The molecule has 0 aromatic carbocycles. The summed E-state index contributed by atoms with van der Waals surface area (Å²) < 4.78 is 0. The molecule has 1 rings (SSSR count). The van der Waals surface area contributed by atoms with Crippen LogP contribution in [0, 0.1) is 0 Å². The Morgan fingerprint density at radius 2 is 1.14 bits per heavy atom. The van der Waals surface area contributed by atoms with Gasteiger partial charge in [-0.3, -0.25) is 9.80 Å². The van der Waals surface area contributed by atoms with Gasteiger partial charge in [0.25, 0.3) is 0 Å². The Balaban J connectivity index is 2.75. The average molecular weight is 212 g/mol. The first-order valence-electron chi connectivity index (χ1n) is 5.43. The van der Waals surface area contributed by atoms with Crippen LogP contribution in [0.2, 0.25) is 0 Å². The van der Waals surface area contributed by atoms with Crippen molar-refractivity contribution in [1.82, 2.24) is 9.80 Å². The Labute approximate surface area is 92.1 Å². The highest BCUT2D eigenvalue weighted by Crippen LogP contribution is 2.27. The van der Waals surface area contributed by atoms with Gasteiger partial charge in [-0.1, -0.05) is 0 Å². The van der Waals surface area contributed by atoms with Crippen molar-refractivity contribution >= 4 is 10.2 Å². The summed E-state index contributed by atoms with van der Waals surface area (Å²) in [7, 11) is 2.98. The van der Waals surface area contributed by atoms with Gasteiger partial charge in [-0.15, -0.1) is 0 Å². The lowest BCUT2D eigenvalue weighted by molar-refractivity contribution is 0.0680. The predicted molar refractivity (Wildman–Crippen MR) is 63.9 cm³/mol. The molecule has 0 aromatic rings. The Morgan fingerprint density at radius 3 is 1.29 bits per heavy atom. The van der Waals surface area contributed by atoms with Crippen molar-refractivity contribution in [2.24, 2.45) is 0 Å². The van der Waals surface area contributed by atoms with E-state index in [1.165, 1.54) is 13.1 Å². The molecule has 0 bridgehead atoms. The fourth-order valence-corrected chi connectivity index (χ4v) is 3.31. The molecule has 1 aliphatic rings. The normalized spacial score (nSPS) is 23.4. The molecule has 14 heavy (non-hydrogen) atoms. The fourth-order valence-electron chi connectivity index (χ4n) is 2.11. The maximum atomic E-state index is 2.98. The van der Waals surface area contributed by atoms with Gasteiger partial charge in [0.1, 0.15) is 0 Å². The minimum Gasteiger partial charge on any atom is -0.285 e. The van der Waals surface area contributed by atoms with E-state index in [-0.39, 0.29) is 11.1 Å². The highest BCUT2D eigenvalue weighted by Gasteiger charge is 2.39. The molecule has 0 saturated carbocycles. The highest BCUT2D eigenvalue weighted by molar-refractivity contribution is 6.11. The summed E-state index contributed by atoms with van der Waals surface area (Å²) in [5.74, 6) is 0.481. The minimum atomic E-state index is 0.270. The van der Waals surface area contributed by atoms with Crippen LogP contribution >= 0.6 is 0 Å². The third-order valence-corrected chi connectivity index (χ3v) is 3.66. The van der Waals surface area contributed by atoms with Gasteiger partial charge in [-0.05, 0) is 41.5 Å². The monoisotopic (exact) mass is 212 g/mol. The average Bonchev–Trinajstić information content (AvgIpc) is 2.26. The smallest absolute Gasteiger partial charge is 0.0598 e. The van der Waals surface area contributed by atoms with Crippen LogP contribution in [0.1, 0.15) is 41.5 Å². The summed E-state index contributed by atoms with van der Waals surface area (Å²) in [6.07, 6.45) is 0. The SMILES string of the molecule is CC(C)(C)N1CCN(C(C)(C)C)C1[SiH]. The molecule has 1 saturated heterocycles. The third kappa shape index (κ3) is 2.38. The van der Waals surface area contributed by atoms with Crippen molar-refractivity contribution < 1.29 is 0 Å². The second kappa shape index (κ2) is 3.61. The van der Waals surface area contributed by atoms with Crippen LogP contribution in [0.25, 0.3) is 0 Å². The van der Waals surface area contributed by atoms with Crippen LogP contribution in [0.5, 0.6) is 0 Å². The first kappa shape index (κ1) is 12.2. The zero-order chi connectivity index (χ0) is 11.1. The Hall–Kier alpha value is 0.137. The Bertz CT molecular complexity index is 180. The second-order valence-electron chi connectivity index (χ2n) is 6.14. The summed E-state index contributed by atoms with van der Waals surface area (Å²) in [5.41, 5.74) is 0.541.